The maximum Gasteiger partial charge on any atom is 0.0240 e. The topological polar surface area (TPSA) is 0 Å². The summed E-state index contributed by atoms with van der Waals surface area (Å²) in [5.74, 6) is 11.5. The van der Waals surface area contributed by atoms with Crippen molar-refractivity contribution in [3.63, 3.8) is 0 Å². The van der Waals surface area contributed by atoms with Crippen LogP contribution in [0.3, 0.4) is 0 Å². The Bertz CT molecular complexity index is 194. The average molecular weight is 134 g/mol. The standard InChI is InChI=1S/C10H14/c1-5-6-7-8-9-10(2,3)4/h5H2,1-4H3. The lowest BCUT2D eigenvalue weighted by Gasteiger charge is -2.05. The van der Waals surface area contributed by atoms with Crippen LogP contribution in [0, 0.1) is 29.1 Å². The molecule has 0 amide bonds. The van der Waals surface area contributed by atoms with Crippen molar-refractivity contribution >= 4 is 0 Å². The molecule has 10 heavy (non-hydrogen) atoms. The number of hydrogen-bond donors (Lipinski definition) is 0. The molecule has 0 fully saturated rings. The van der Waals surface area contributed by atoms with Gasteiger partial charge in [0.25, 0.3) is 0 Å². The minimum Gasteiger partial charge on any atom is -0.0894 e. The highest BCUT2D eigenvalue weighted by atomic mass is 14.0. The van der Waals surface area contributed by atoms with E-state index in [1.807, 2.05) is 6.92 Å². The molecule has 0 aromatic heterocycles. The van der Waals surface area contributed by atoms with E-state index in [-0.39, 0.29) is 5.41 Å². The normalized spacial score (nSPS) is 8.80. The fourth-order valence-corrected chi connectivity index (χ4v) is 0.351. The quantitative estimate of drug-likeness (QED) is 0.446. The van der Waals surface area contributed by atoms with E-state index in [1.54, 1.807) is 0 Å². The van der Waals surface area contributed by atoms with Crippen LogP contribution in [0.2, 0.25) is 0 Å². The van der Waals surface area contributed by atoms with Crippen molar-refractivity contribution in [1.82, 2.24) is 0 Å². The molecule has 0 radical (unpaired) electrons. The van der Waals surface area contributed by atoms with Crippen molar-refractivity contribution in [2.45, 2.75) is 34.1 Å². The second kappa shape index (κ2) is 4.02. The van der Waals surface area contributed by atoms with Gasteiger partial charge in [-0.25, -0.2) is 0 Å². The van der Waals surface area contributed by atoms with Crippen LogP contribution >= 0.6 is 0 Å². The van der Waals surface area contributed by atoms with E-state index in [2.05, 4.69) is 44.5 Å². The molecule has 0 aliphatic carbocycles. The molecule has 0 aromatic carbocycles. The maximum absolute atomic E-state index is 3.03. The second-order valence-electron chi connectivity index (χ2n) is 3.16. The smallest absolute Gasteiger partial charge is 0.0240 e. The molecule has 54 valence electrons. The lowest BCUT2D eigenvalue weighted by molar-refractivity contribution is 0.571. The molecule has 0 saturated carbocycles. The van der Waals surface area contributed by atoms with Gasteiger partial charge in [0, 0.05) is 11.8 Å². The van der Waals surface area contributed by atoms with Crippen molar-refractivity contribution in [2.75, 3.05) is 0 Å². The zero-order valence-corrected chi connectivity index (χ0v) is 7.21. The Morgan fingerprint density at radius 3 is 2.10 bits per heavy atom. The predicted octanol–water partition coefficient (Wildman–Crippen LogP) is 2.45. The summed E-state index contributed by atoms with van der Waals surface area (Å²) in [6, 6.07) is 0. The van der Waals surface area contributed by atoms with Gasteiger partial charge in [-0.2, -0.15) is 0 Å². The lowest BCUT2D eigenvalue weighted by atomic mass is 9.98. The zero-order valence-electron chi connectivity index (χ0n) is 7.21. The SMILES string of the molecule is CCC#CC#CC(C)(C)C. The molecule has 0 bridgehead atoms. The van der Waals surface area contributed by atoms with E-state index in [9.17, 15) is 0 Å². The van der Waals surface area contributed by atoms with Crippen LogP contribution in [-0.2, 0) is 0 Å². The first-order chi connectivity index (χ1) is 4.56. The van der Waals surface area contributed by atoms with Gasteiger partial charge in [0.15, 0.2) is 0 Å². The van der Waals surface area contributed by atoms with Crippen LogP contribution in [-0.4, -0.2) is 0 Å². The van der Waals surface area contributed by atoms with Crippen LogP contribution < -0.4 is 0 Å². The molecule has 0 heteroatoms. The molecule has 0 N–H and O–H groups in total. The second-order valence-corrected chi connectivity index (χ2v) is 3.16. The molecule has 0 aliphatic heterocycles. The minimum atomic E-state index is 0.0857. The van der Waals surface area contributed by atoms with Crippen LogP contribution in [0.1, 0.15) is 34.1 Å². The van der Waals surface area contributed by atoms with Gasteiger partial charge in [0.05, 0.1) is 0 Å². The fourth-order valence-electron chi connectivity index (χ4n) is 0.351. The van der Waals surface area contributed by atoms with Crippen molar-refractivity contribution in [1.29, 1.82) is 0 Å². The number of hydrogen-bond acceptors (Lipinski definition) is 0. The van der Waals surface area contributed by atoms with E-state index in [4.69, 9.17) is 0 Å². The van der Waals surface area contributed by atoms with Gasteiger partial charge in [-0.1, -0.05) is 18.8 Å². The van der Waals surface area contributed by atoms with Crippen molar-refractivity contribution < 1.29 is 0 Å². The first-order valence-electron chi connectivity index (χ1n) is 3.56. The molecular formula is C10H14. The molecule has 0 aliphatic rings. The monoisotopic (exact) mass is 134 g/mol. The van der Waals surface area contributed by atoms with Crippen LogP contribution in [0.5, 0.6) is 0 Å². The Labute approximate surface area is 64.0 Å². The first-order valence-corrected chi connectivity index (χ1v) is 3.56. The van der Waals surface area contributed by atoms with Crippen molar-refractivity contribution in [3.8, 4) is 23.7 Å². The van der Waals surface area contributed by atoms with Gasteiger partial charge in [-0.3, -0.25) is 0 Å². The predicted molar refractivity (Wildman–Crippen MR) is 45.3 cm³/mol. The van der Waals surface area contributed by atoms with Gasteiger partial charge in [-0.15, -0.1) is 0 Å². The van der Waals surface area contributed by atoms with Crippen molar-refractivity contribution in [2.24, 2.45) is 5.41 Å². The third-order valence-electron chi connectivity index (χ3n) is 0.765. The Hall–Kier alpha value is -0.880. The lowest BCUT2D eigenvalue weighted by Crippen LogP contribution is -1.98. The van der Waals surface area contributed by atoms with E-state index >= 15 is 0 Å². The summed E-state index contributed by atoms with van der Waals surface area (Å²) in [5, 5.41) is 0. The molecular weight excluding hydrogens is 120 g/mol. The first kappa shape index (κ1) is 9.12. The van der Waals surface area contributed by atoms with Crippen LogP contribution in [0.25, 0.3) is 0 Å². The molecule has 0 rings (SSSR count). The molecule has 0 saturated heterocycles. The third kappa shape index (κ3) is 7.12. The maximum atomic E-state index is 3.03. The summed E-state index contributed by atoms with van der Waals surface area (Å²) < 4.78 is 0. The Morgan fingerprint density at radius 2 is 1.70 bits per heavy atom. The summed E-state index contributed by atoms with van der Waals surface area (Å²) in [5.41, 5.74) is 0.0857. The van der Waals surface area contributed by atoms with E-state index in [1.165, 1.54) is 0 Å². The molecule has 0 nitrogen and oxygen atoms in total. The van der Waals surface area contributed by atoms with Crippen LogP contribution in [0.4, 0.5) is 0 Å². The molecule has 0 atom stereocenters. The third-order valence-corrected chi connectivity index (χ3v) is 0.765. The van der Waals surface area contributed by atoms with Gasteiger partial charge < -0.3 is 0 Å². The summed E-state index contributed by atoms with van der Waals surface area (Å²) in [6.07, 6.45) is 0.888. The van der Waals surface area contributed by atoms with E-state index < -0.39 is 0 Å². The Balaban J connectivity index is 3.93. The minimum absolute atomic E-state index is 0.0857. The van der Waals surface area contributed by atoms with Crippen molar-refractivity contribution in [3.05, 3.63) is 0 Å². The Kier molecular flexibility index (Phi) is 3.67. The summed E-state index contributed by atoms with van der Waals surface area (Å²) in [6.45, 7) is 8.25. The van der Waals surface area contributed by atoms with Gasteiger partial charge in [0.2, 0.25) is 0 Å². The highest BCUT2D eigenvalue weighted by Gasteiger charge is 2.02. The van der Waals surface area contributed by atoms with Crippen LogP contribution in [0.15, 0.2) is 0 Å². The summed E-state index contributed by atoms with van der Waals surface area (Å²) in [7, 11) is 0. The number of rotatable bonds is 0. The van der Waals surface area contributed by atoms with E-state index in [0.29, 0.717) is 0 Å². The largest absolute Gasteiger partial charge is 0.0894 e. The highest BCUT2D eigenvalue weighted by molar-refractivity contribution is 5.27. The zero-order chi connectivity index (χ0) is 8.04. The summed E-state index contributed by atoms with van der Waals surface area (Å²) >= 11 is 0. The van der Waals surface area contributed by atoms with E-state index in [0.717, 1.165) is 6.42 Å². The fraction of sp³-hybridized carbons (Fsp3) is 0.600. The Morgan fingerprint density at radius 1 is 1.10 bits per heavy atom. The average Bonchev–Trinajstić information content (AvgIpc) is 1.78. The summed E-state index contributed by atoms with van der Waals surface area (Å²) in [4.78, 5) is 0. The molecule has 0 spiro atoms. The van der Waals surface area contributed by atoms with Gasteiger partial charge in [-0.05, 0) is 32.6 Å². The molecule has 0 heterocycles. The highest BCUT2D eigenvalue weighted by Crippen LogP contribution is 2.09. The molecule has 0 aromatic rings. The van der Waals surface area contributed by atoms with Gasteiger partial charge >= 0.3 is 0 Å². The van der Waals surface area contributed by atoms with Gasteiger partial charge in [0.1, 0.15) is 0 Å². The molecule has 0 unspecified atom stereocenters.